The number of hydrogen-bond acceptors (Lipinski definition) is 4. The lowest BCUT2D eigenvalue weighted by molar-refractivity contribution is 0.0596. The van der Waals surface area contributed by atoms with Crippen molar-refractivity contribution in [3.63, 3.8) is 0 Å². The monoisotopic (exact) mass is 270 g/mol. The van der Waals surface area contributed by atoms with Crippen molar-refractivity contribution in [2.24, 2.45) is 0 Å². The van der Waals surface area contributed by atoms with Crippen molar-refractivity contribution in [2.75, 3.05) is 6.61 Å². The molecule has 0 saturated carbocycles. The molecule has 0 aliphatic heterocycles. The third-order valence-electron chi connectivity index (χ3n) is 2.70. The number of aryl methyl sites for hydroxylation is 1. The van der Waals surface area contributed by atoms with E-state index in [4.69, 9.17) is 4.74 Å². The van der Waals surface area contributed by atoms with Crippen LogP contribution in [0.4, 0.5) is 0 Å². The molecule has 0 spiro atoms. The van der Waals surface area contributed by atoms with Gasteiger partial charge in [-0.3, -0.25) is 0 Å². The predicted octanol–water partition coefficient (Wildman–Crippen LogP) is 3.83. The van der Waals surface area contributed by atoms with Gasteiger partial charge in [-0.2, -0.15) is 0 Å². The summed E-state index contributed by atoms with van der Waals surface area (Å²) in [5.74, 6) is 0. The maximum absolute atomic E-state index is 5.72. The van der Waals surface area contributed by atoms with Crippen molar-refractivity contribution < 1.29 is 4.74 Å². The zero-order chi connectivity index (χ0) is 13.8. The molecular weight excluding hydrogens is 244 g/mol. The van der Waals surface area contributed by atoms with E-state index in [0.29, 0.717) is 0 Å². The molecular formula is C14H26N2OS. The molecule has 0 fully saturated rings. The van der Waals surface area contributed by atoms with Crippen LogP contribution in [-0.4, -0.2) is 17.1 Å². The van der Waals surface area contributed by atoms with Crippen molar-refractivity contribution in [1.29, 1.82) is 0 Å². The first kappa shape index (κ1) is 15.6. The van der Waals surface area contributed by atoms with Gasteiger partial charge in [0.2, 0.25) is 0 Å². The van der Waals surface area contributed by atoms with E-state index in [9.17, 15) is 0 Å². The average molecular weight is 270 g/mol. The minimum atomic E-state index is 0.140. The SMILES string of the molecule is CCOC(CC)c1nc(C)c(CNC(C)(C)C)s1. The fraction of sp³-hybridized carbons (Fsp3) is 0.786. The van der Waals surface area contributed by atoms with Crippen LogP contribution in [0.2, 0.25) is 0 Å². The fourth-order valence-corrected chi connectivity index (χ4v) is 2.80. The number of thiazole rings is 1. The van der Waals surface area contributed by atoms with Gasteiger partial charge in [0.1, 0.15) is 11.1 Å². The van der Waals surface area contributed by atoms with Crippen LogP contribution in [0.5, 0.6) is 0 Å². The standard InChI is InChI=1S/C14H26N2OS/c1-7-11(17-8-2)13-16-10(3)12(18-13)9-15-14(4,5)6/h11,15H,7-9H2,1-6H3. The van der Waals surface area contributed by atoms with E-state index in [1.807, 2.05) is 6.92 Å². The molecule has 0 aliphatic carbocycles. The lowest BCUT2D eigenvalue weighted by atomic mass is 10.1. The van der Waals surface area contributed by atoms with E-state index in [1.165, 1.54) is 4.88 Å². The first-order chi connectivity index (χ1) is 8.37. The molecule has 1 rings (SSSR count). The summed E-state index contributed by atoms with van der Waals surface area (Å²) >= 11 is 1.77. The Balaban J connectivity index is 2.74. The van der Waals surface area contributed by atoms with Crippen LogP contribution in [0.15, 0.2) is 0 Å². The molecule has 0 amide bonds. The minimum absolute atomic E-state index is 0.140. The molecule has 4 heteroatoms. The van der Waals surface area contributed by atoms with Crippen LogP contribution < -0.4 is 5.32 Å². The van der Waals surface area contributed by atoms with E-state index in [0.717, 1.165) is 30.3 Å². The average Bonchev–Trinajstić information content (AvgIpc) is 2.64. The Hall–Kier alpha value is -0.450. The minimum Gasteiger partial charge on any atom is -0.371 e. The molecule has 1 unspecified atom stereocenters. The van der Waals surface area contributed by atoms with Crippen molar-refractivity contribution in [1.82, 2.24) is 10.3 Å². The summed E-state index contributed by atoms with van der Waals surface area (Å²) in [5, 5.41) is 4.62. The second-order valence-electron chi connectivity index (χ2n) is 5.52. The van der Waals surface area contributed by atoms with E-state index < -0.39 is 0 Å². The maximum Gasteiger partial charge on any atom is 0.122 e. The Morgan fingerprint density at radius 2 is 2.00 bits per heavy atom. The molecule has 0 aliphatic rings. The van der Waals surface area contributed by atoms with Gasteiger partial charge in [-0.1, -0.05) is 6.92 Å². The van der Waals surface area contributed by atoms with Gasteiger partial charge in [-0.25, -0.2) is 4.98 Å². The van der Waals surface area contributed by atoms with Crippen molar-refractivity contribution >= 4 is 11.3 Å². The molecule has 1 heterocycles. The van der Waals surface area contributed by atoms with Crippen LogP contribution in [0.25, 0.3) is 0 Å². The van der Waals surface area contributed by atoms with Crippen LogP contribution in [0.1, 0.15) is 62.7 Å². The number of nitrogens with zero attached hydrogens (tertiary/aromatic N) is 1. The van der Waals surface area contributed by atoms with Crippen LogP contribution in [0.3, 0.4) is 0 Å². The molecule has 0 bridgehead atoms. The second-order valence-corrected chi connectivity index (χ2v) is 6.63. The lowest BCUT2D eigenvalue weighted by Gasteiger charge is -2.19. The molecule has 0 aromatic carbocycles. The highest BCUT2D eigenvalue weighted by molar-refractivity contribution is 7.11. The molecule has 1 atom stereocenters. The summed E-state index contributed by atoms with van der Waals surface area (Å²) in [6.45, 7) is 14.4. The maximum atomic E-state index is 5.72. The van der Waals surface area contributed by atoms with Crippen molar-refractivity contribution in [3.8, 4) is 0 Å². The highest BCUT2D eigenvalue weighted by Gasteiger charge is 2.17. The molecule has 18 heavy (non-hydrogen) atoms. The van der Waals surface area contributed by atoms with Gasteiger partial charge in [-0.05, 0) is 41.0 Å². The molecule has 0 radical (unpaired) electrons. The van der Waals surface area contributed by atoms with Gasteiger partial charge in [0.15, 0.2) is 0 Å². The second kappa shape index (κ2) is 6.64. The van der Waals surface area contributed by atoms with E-state index in [-0.39, 0.29) is 11.6 Å². The Bertz CT molecular complexity index is 368. The first-order valence-corrected chi connectivity index (χ1v) is 7.51. The van der Waals surface area contributed by atoms with Crippen molar-refractivity contribution in [3.05, 3.63) is 15.6 Å². The zero-order valence-electron chi connectivity index (χ0n) is 12.5. The quantitative estimate of drug-likeness (QED) is 0.853. The Morgan fingerprint density at radius 3 is 2.50 bits per heavy atom. The smallest absolute Gasteiger partial charge is 0.122 e. The van der Waals surface area contributed by atoms with E-state index in [1.54, 1.807) is 11.3 Å². The Morgan fingerprint density at radius 1 is 1.33 bits per heavy atom. The summed E-state index contributed by atoms with van der Waals surface area (Å²) in [4.78, 5) is 5.97. The van der Waals surface area contributed by atoms with Gasteiger partial charge in [0, 0.05) is 23.6 Å². The summed E-state index contributed by atoms with van der Waals surface area (Å²) in [5.41, 5.74) is 1.27. The topological polar surface area (TPSA) is 34.1 Å². The van der Waals surface area contributed by atoms with E-state index in [2.05, 4.69) is 44.9 Å². The number of hydrogen-bond donors (Lipinski definition) is 1. The van der Waals surface area contributed by atoms with Gasteiger partial charge in [0.25, 0.3) is 0 Å². The molecule has 1 aromatic rings. The normalized spacial score (nSPS) is 13.9. The van der Waals surface area contributed by atoms with E-state index >= 15 is 0 Å². The fourth-order valence-electron chi connectivity index (χ4n) is 1.66. The Labute approximate surface area is 115 Å². The van der Waals surface area contributed by atoms with Crippen LogP contribution in [0, 0.1) is 6.92 Å². The van der Waals surface area contributed by atoms with Crippen LogP contribution in [-0.2, 0) is 11.3 Å². The molecule has 1 N–H and O–H groups in total. The zero-order valence-corrected chi connectivity index (χ0v) is 13.3. The predicted molar refractivity (Wildman–Crippen MR) is 78.1 cm³/mol. The molecule has 0 saturated heterocycles. The third kappa shape index (κ3) is 4.67. The molecule has 104 valence electrons. The summed E-state index contributed by atoms with van der Waals surface area (Å²) < 4.78 is 5.72. The van der Waals surface area contributed by atoms with Gasteiger partial charge < -0.3 is 10.1 Å². The Kier molecular flexibility index (Phi) is 5.76. The summed E-state index contributed by atoms with van der Waals surface area (Å²) in [6, 6.07) is 0. The van der Waals surface area contributed by atoms with Gasteiger partial charge in [-0.15, -0.1) is 11.3 Å². The largest absolute Gasteiger partial charge is 0.371 e. The number of aromatic nitrogens is 1. The van der Waals surface area contributed by atoms with Crippen LogP contribution >= 0.6 is 11.3 Å². The number of ether oxygens (including phenoxy) is 1. The van der Waals surface area contributed by atoms with Gasteiger partial charge >= 0.3 is 0 Å². The highest BCUT2D eigenvalue weighted by atomic mass is 32.1. The van der Waals surface area contributed by atoms with Crippen molar-refractivity contribution in [2.45, 2.75) is 66.2 Å². The molecule has 1 aromatic heterocycles. The highest BCUT2D eigenvalue weighted by Crippen LogP contribution is 2.28. The number of nitrogens with one attached hydrogen (secondary N) is 1. The van der Waals surface area contributed by atoms with Gasteiger partial charge in [0.05, 0.1) is 5.69 Å². The molecule has 3 nitrogen and oxygen atoms in total. The first-order valence-electron chi connectivity index (χ1n) is 6.70. The number of rotatable bonds is 6. The lowest BCUT2D eigenvalue weighted by Crippen LogP contribution is -2.34. The summed E-state index contributed by atoms with van der Waals surface area (Å²) in [6.07, 6.45) is 1.13. The summed E-state index contributed by atoms with van der Waals surface area (Å²) in [7, 11) is 0. The third-order valence-corrected chi connectivity index (χ3v) is 3.95.